The van der Waals surface area contributed by atoms with Gasteiger partial charge in [0.1, 0.15) is 0 Å². The van der Waals surface area contributed by atoms with Gasteiger partial charge in [-0.3, -0.25) is 4.79 Å². The molecule has 1 aromatic carbocycles. The Morgan fingerprint density at radius 3 is 2.36 bits per heavy atom. The molecule has 0 N–H and O–H groups in total. The molecule has 0 saturated carbocycles. The zero-order chi connectivity index (χ0) is 10.4. The van der Waals surface area contributed by atoms with Crippen LogP contribution in [-0.2, 0) is 4.79 Å². The molecule has 0 spiro atoms. The Morgan fingerprint density at radius 2 is 1.79 bits per heavy atom. The van der Waals surface area contributed by atoms with Crippen molar-refractivity contribution in [3.63, 3.8) is 0 Å². The molecule has 1 nitrogen and oxygen atoms in total. The Morgan fingerprint density at radius 1 is 1.14 bits per heavy atom. The molecule has 0 saturated heterocycles. The van der Waals surface area contributed by atoms with Gasteiger partial charge in [-0.15, -0.1) is 0 Å². The lowest BCUT2D eigenvalue weighted by molar-refractivity contribution is -0.112. The molecule has 0 aliphatic carbocycles. The molecule has 1 rings (SSSR count). The van der Waals surface area contributed by atoms with Crippen LogP contribution in [0.25, 0.3) is 6.08 Å². The fourth-order valence-electron chi connectivity index (χ4n) is 1.16. The van der Waals surface area contributed by atoms with Crippen molar-refractivity contribution in [1.29, 1.82) is 0 Å². The van der Waals surface area contributed by atoms with Crippen molar-refractivity contribution in [2.24, 2.45) is 0 Å². The third-order valence-corrected chi connectivity index (χ3v) is 1.77. The minimum atomic E-state index is 0.0835. The highest BCUT2D eigenvalue weighted by Crippen LogP contribution is 2.04. The average molecular weight is 186 g/mol. The maximum atomic E-state index is 10.8. The maximum Gasteiger partial charge on any atom is 0.152 e. The predicted molar refractivity (Wildman–Crippen MR) is 59.9 cm³/mol. The van der Waals surface area contributed by atoms with E-state index in [0.29, 0.717) is 0 Å². The lowest BCUT2D eigenvalue weighted by atomic mass is 10.1. The molecule has 1 aromatic rings. The molecule has 0 aliphatic rings. The van der Waals surface area contributed by atoms with Gasteiger partial charge in [-0.1, -0.05) is 42.5 Å². The summed E-state index contributed by atoms with van der Waals surface area (Å²) in [5.74, 6) is 0.0835. The second-order valence-electron chi connectivity index (χ2n) is 3.24. The van der Waals surface area contributed by atoms with Crippen molar-refractivity contribution in [1.82, 2.24) is 0 Å². The van der Waals surface area contributed by atoms with E-state index in [9.17, 15) is 4.79 Å². The maximum absolute atomic E-state index is 10.8. The lowest BCUT2D eigenvalue weighted by Crippen LogP contribution is -1.82. The number of carbonyl (C=O) groups is 1. The van der Waals surface area contributed by atoms with Crippen molar-refractivity contribution in [2.75, 3.05) is 0 Å². The van der Waals surface area contributed by atoms with E-state index in [-0.39, 0.29) is 5.78 Å². The Bertz CT molecular complexity index is 358. The molecule has 0 amide bonds. The number of ketones is 1. The number of hydrogen-bond acceptors (Lipinski definition) is 1. The third kappa shape index (κ3) is 3.85. The van der Waals surface area contributed by atoms with Crippen molar-refractivity contribution in [3.05, 3.63) is 53.6 Å². The SMILES string of the molecule is CC(=O)/C=C(C)/C=C/c1ccccc1. The molecule has 14 heavy (non-hydrogen) atoms. The van der Waals surface area contributed by atoms with Crippen LogP contribution < -0.4 is 0 Å². The van der Waals surface area contributed by atoms with Gasteiger partial charge in [0.25, 0.3) is 0 Å². The van der Waals surface area contributed by atoms with E-state index in [0.717, 1.165) is 11.1 Å². The minimum Gasteiger partial charge on any atom is -0.295 e. The van der Waals surface area contributed by atoms with Crippen LogP contribution in [0.3, 0.4) is 0 Å². The summed E-state index contributed by atoms with van der Waals surface area (Å²) in [5.41, 5.74) is 2.12. The van der Waals surface area contributed by atoms with E-state index in [1.165, 1.54) is 0 Å². The molecule has 0 bridgehead atoms. The fourth-order valence-corrected chi connectivity index (χ4v) is 1.16. The quantitative estimate of drug-likeness (QED) is 0.523. The monoisotopic (exact) mass is 186 g/mol. The van der Waals surface area contributed by atoms with Crippen LogP contribution >= 0.6 is 0 Å². The van der Waals surface area contributed by atoms with Crippen molar-refractivity contribution < 1.29 is 4.79 Å². The number of benzene rings is 1. The van der Waals surface area contributed by atoms with Gasteiger partial charge in [0.2, 0.25) is 0 Å². The second-order valence-corrected chi connectivity index (χ2v) is 3.24. The summed E-state index contributed by atoms with van der Waals surface area (Å²) in [6, 6.07) is 10.0. The van der Waals surface area contributed by atoms with Gasteiger partial charge in [-0.05, 0) is 31.1 Å². The molecule has 0 unspecified atom stereocenters. The third-order valence-electron chi connectivity index (χ3n) is 1.77. The Kier molecular flexibility index (Phi) is 3.86. The molecule has 72 valence electrons. The number of allylic oxidation sites excluding steroid dienone is 3. The van der Waals surface area contributed by atoms with Gasteiger partial charge in [0.15, 0.2) is 5.78 Å². The summed E-state index contributed by atoms with van der Waals surface area (Å²) in [6.07, 6.45) is 5.56. The average Bonchev–Trinajstić information content (AvgIpc) is 2.15. The lowest BCUT2D eigenvalue weighted by Gasteiger charge is -1.92. The molecule has 1 heteroatoms. The summed E-state index contributed by atoms with van der Waals surface area (Å²) >= 11 is 0. The first-order chi connectivity index (χ1) is 6.68. The highest BCUT2D eigenvalue weighted by atomic mass is 16.1. The van der Waals surface area contributed by atoms with E-state index in [2.05, 4.69) is 0 Å². The minimum absolute atomic E-state index is 0.0835. The molecule has 0 aromatic heterocycles. The van der Waals surface area contributed by atoms with E-state index in [1.54, 1.807) is 13.0 Å². The molecule has 0 fully saturated rings. The zero-order valence-corrected chi connectivity index (χ0v) is 8.53. The highest BCUT2D eigenvalue weighted by Gasteiger charge is 1.87. The van der Waals surface area contributed by atoms with Crippen LogP contribution in [0.1, 0.15) is 19.4 Å². The Hall–Kier alpha value is -1.63. The van der Waals surface area contributed by atoms with Crippen LogP contribution in [0.5, 0.6) is 0 Å². The second kappa shape index (κ2) is 5.18. The zero-order valence-electron chi connectivity index (χ0n) is 8.53. The van der Waals surface area contributed by atoms with E-state index in [1.807, 2.05) is 49.4 Å². The highest BCUT2D eigenvalue weighted by molar-refractivity contribution is 5.88. The first kappa shape index (κ1) is 10.5. The van der Waals surface area contributed by atoms with Crippen LogP contribution in [0.2, 0.25) is 0 Å². The van der Waals surface area contributed by atoms with Crippen LogP contribution in [-0.4, -0.2) is 5.78 Å². The fraction of sp³-hybridized carbons (Fsp3) is 0.154. The number of carbonyl (C=O) groups excluding carboxylic acids is 1. The van der Waals surface area contributed by atoms with Crippen LogP contribution in [0.4, 0.5) is 0 Å². The molecular formula is C13H14O. The van der Waals surface area contributed by atoms with E-state index >= 15 is 0 Å². The van der Waals surface area contributed by atoms with E-state index in [4.69, 9.17) is 0 Å². The van der Waals surface area contributed by atoms with Crippen LogP contribution in [0, 0.1) is 0 Å². The molecular weight excluding hydrogens is 172 g/mol. The molecule has 0 heterocycles. The Labute approximate surface area is 84.8 Å². The largest absolute Gasteiger partial charge is 0.295 e. The smallest absolute Gasteiger partial charge is 0.152 e. The number of hydrogen-bond donors (Lipinski definition) is 0. The number of rotatable bonds is 3. The Balaban J connectivity index is 2.70. The summed E-state index contributed by atoms with van der Waals surface area (Å²) in [5, 5.41) is 0. The topological polar surface area (TPSA) is 17.1 Å². The predicted octanol–water partition coefficient (Wildman–Crippen LogP) is 3.24. The normalized spacial score (nSPS) is 12.0. The van der Waals surface area contributed by atoms with Gasteiger partial charge < -0.3 is 0 Å². The molecule has 0 radical (unpaired) electrons. The first-order valence-corrected chi connectivity index (χ1v) is 4.60. The van der Waals surface area contributed by atoms with Crippen molar-refractivity contribution in [3.8, 4) is 0 Å². The summed E-state index contributed by atoms with van der Waals surface area (Å²) < 4.78 is 0. The van der Waals surface area contributed by atoms with Crippen LogP contribution in [0.15, 0.2) is 48.1 Å². The summed E-state index contributed by atoms with van der Waals surface area (Å²) in [7, 11) is 0. The summed E-state index contributed by atoms with van der Waals surface area (Å²) in [6.45, 7) is 3.47. The van der Waals surface area contributed by atoms with Crippen molar-refractivity contribution in [2.45, 2.75) is 13.8 Å². The van der Waals surface area contributed by atoms with Gasteiger partial charge in [-0.25, -0.2) is 0 Å². The standard InChI is InChI=1S/C13H14O/c1-11(10-12(2)14)8-9-13-6-4-3-5-7-13/h3-10H,1-2H3/b9-8+,11-10+. The van der Waals surface area contributed by atoms with Gasteiger partial charge >= 0.3 is 0 Å². The van der Waals surface area contributed by atoms with Gasteiger partial charge in [0, 0.05) is 0 Å². The summed E-state index contributed by atoms with van der Waals surface area (Å²) in [4.78, 5) is 10.8. The first-order valence-electron chi connectivity index (χ1n) is 4.60. The van der Waals surface area contributed by atoms with Crippen molar-refractivity contribution >= 4 is 11.9 Å². The van der Waals surface area contributed by atoms with E-state index < -0.39 is 0 Å². The van der Waals surface area contributed by atoms with Gasteiger partial charge in [0.05, 0.1) is 0 Å². The van der Waals surface area contributed by atoms with Gasteiger partial charge in [-0.2, -0.15) is 0 Å². The molecule has 0 aliphatic heterocycles. The molecule has 0 atom stereocenters.